The molecule has 0 bridgehead atoms. The maximum absolute atomic E-state index is 12.2. The molecule has 6 heteroatoms. The highest BCUT2D eigenvalue weighted by molar-refractivity contribution is 5.79. The zero-order chi connectivity index (χ0) is 19.7. The van der Waals surface area contributed by atoms with Gasteiger partial charge in [-0.15, -0.1) is 5.92 Å². The third-order valence-electron chi connectivity index (χ3n) is 2.87. The van der Waals surface area contributed by atoms with Crippen molar-refractivity contribution in [2.75, 3.05) is 0 Å². The Kier molecular flexibility index (Phi) is 9.58. The summed E-state index contributed by atoms with van der Waals surface area (Å²) in [5.41, 5.74) is 4.65. The van der Waals surface area contributed by atoms with Gasteiger partial charge in [-0.1, -0.05) is 25.7 Å². The van der Waals surface area contributed by atoms with Gasteiger partial charge in [-0.3, -0.25) is 4.79 Å². The summed E-state index contributed by atoms with van der Waals surface area (Å²) in [6.45, 7) is 12.6. The number of rotatable bonds is 6. The lowest BCUT2D eigenvalue weighted by atomic mass is 10.1. The van der Waals surface area contributed by atoms with Crippen LogP contribution in [0.2, 0.25) is 0 Å². The third-order valence-corrected chi connectivity index (χ3v) is 2.87. The fourth-order valence-electron chi connectivity index (χ4n) is 1.80. The molecule has 2 atom stereocenters. The maximum Gasteiger partial charge on any atom is 0.408 e. The van der Waals surface area contributed by atoms with Gasteiger partial charge in [-0.05, 0) is 48.0 Å². The normalized spacial score (nSPS) is 13.9. The molecule has 144 valence electrons. The van der Waals surface area contributed by atoms with E-state index in [0.29, 0.717) is 6.42 Å². The fourth-order valence-corrected chi connectivity index (χ4v) is 1.80. The van der Waals surface area contributed by atoms with Crippen molar-refractivity contribution in [3.8, 4) is 11.8 Å². The summed E-state index contributed by atoms with van der Waals surface area (Å²) >= 11 is 0. The van der Waals surface area contributed by atoms with Gasteiger partial charge in [0.15, 0.2) is 0 Å². The Labute approximate surface area is 152 Å². The lowest BCUT2D eigenvalue weighted by Gasteiger charge is -2.26. The summed E-state index contributed by atoms with van der Waals surface area (Å²) in [4.78, 5) is 24.2. The van der Waals surface area contributed by atoms with Crippen molar-refractivity contribution in [2.24, 2.45) is 5.73 Å². The number of unbranched alkanes of at least 4 members (excludes halogenated alkanes) is 3. The van der Waals surface area contributed by atoms with E-state index in [1.807, 2.05) is 0 Å². The predicted molar refractivity (Wildman–Crippen MR) is 98.9 cm³/mol. The van der Waals surface area contributed by atoms with Crippen LogP contribution in [0.5, 0.6) is 0 Å². The minimum Gasteiger partial charge on any atom is -0.459 e. The van der Waals surface area contributed by atoms with E-state index in [1.165, 1.54) is 0 Å². The molecule has 0 heterocycles. The molecule has 0 aromatic carbocycles. The largest absolute Gasteiger partial charge is 0.459 e. The van der Waals surface area contributed by atoms with Gasteiger partial charge in [0.1, 0.15) is 23.3 Å². The molecule has 1 amide bonds. The summed E-state index contributed by atoms with van der Waals surface area (Å²) in [5.74, 6) is 5.24. The highest BCUT2D eigenvalue weighted by atomic mass is 16.6. The number of nitrogens with two attached hydrogens (primary N) is 1. The van der Waals surface area contributed by atoms with Gasteiger partial charge < -0.3 is 20.5 Å². The predicted octanol–water partition coefficient (Wildman–Crippen LogP) is 3.13. The van der Waals surface area contributed by atoms with Crippen molar-refractivity contribution in [1.29, 1.82) is 0 Å². The highest BCUT2D eigenvalue weighted by Gasteiger charge is 2.30. The van der Waals surface area contributed by atoms with Crippen LogP contribution in [-0.2, 0) is 14.3 Å². The molecule has 25 heavy (non-hydrogen) atoms. The number of esters is 1. The molecular weight excluding hydrogens is 320 g/mol. The third kappa shape index (κ3) is 12.3. The average molecular weight is 354 g/mol. The molecule has 0 aliphatic rings. The van der Waals surface area contributed by atoms with E-state index in [-0.39, 0.29) is 0 Å². The molecule has 0 aliphatic heterocycles. The molecule has 0 saturated carbocycles. The molecule has 3 N–H and O–H groups in total. The molecule has 0 radical (unpaired) electrons. The summed E-state index contributed by atoms with van der Waals surface area (Å²) < 4.78 is 10.5. The molecule has 0 fully saturated rings. The number of amides is 1. The first kappa shape index (κ1) is 23.3. The van der Waals surface area contributed by atoms with Crippen LogP contribution in [0.25, 0.3) is 0 Å². The number of carbonyl (C=O) groups is 2. The van der Waals surface area contributed by atoms with Crippen LogP contribution in [0.1, 0.15) is 74.1 Å². The Balaban J connectivity index is 5.04. The molecule has 0 aliphatic carbocycles. The van der Waals surface area contributed by atoms with Gasteiger partial charge in [0.05, 0.1) is 0 Å². The SMILES string of the molecule is CCCCCC#C[C@H](NC(=O)OC(C)(C)C)[C@@H](N)C(=O)OC(C)(C)C. The Morgan fingerprint density at radius 2 is 1.60 bits per heavy atom. The summed E-state index contributed by atoms with van der Waals surface area (Å²) in [5, 5.41) is 2.57. The quantitative estimate of drug-likeness (QED) is 0.434. The topological polar surface area (TPSA) is 90.6 Å². The first-order valence-corrected chi connectivity index (χ1v) is 8.82. The first-order chi connectivity index (χ1) is 11.4. The molecular formula is C19H34N2O4. The first-order valence-electron chi connectivity index (χ1n) is 8.82. The van der Waals surface area contributed by atoms with Crippen molar-refractivity contribution >= 4 is 12.1 Å². The van der Waals surface area contributed by atoms with E-state index in [9.17, 15) is 9.59 Å². The highest BCUT2D eigenvalue weighted by Crippen LogP contribution is 2.10. The Morgan fingerprint density at radius 1 is 1.04 bits per heavy atom. The van der Waals surface area contributed by atoms with Crippen molar-refractivity contribution in [3.63, 3.8) is 0 Å². The summed E-state index contributed by atoms with van der Waals surface area (Å²) in [6, 6.07) is -1.96. The molecule has 0 saturated heterocycles. The number of nitrogens with one attached hydrogen (secondary N) is 1. The van der Waals surface area contributed by atoms with Crippen molar-refractivity contribution in [3.05, 3.63) is 0 Å². The Morgan fingerprint density at radius 3 is 2.08 bits per heavy atom. The van der Waals surface area contributed by atoms with E-state index in [4.69, 9.17) is 15.2 Å². The van der Waals surface area contributed by atoms with Crippen LogP contribution in [0.15, 0.2) is 0 Å². The number of carbonyl (C=O) groups excluding carboxylic acids is 2. The number of ether oxygens (including phenoxy) is 2. The van der Waals surface area contributed by atoms with E-state index in [0.717, 1.165) is 19.3 Å². The average Bonchev–Trinajstić information content (AvgIpc) is 2.41. The van der Waals surface area contributed by atoms with Gasteiger partial charge in [-0.25, -0.2) is 4.79 Å². The maximum atomic E-state index is 12.2. The number of alkyl carbamates (subject to hydrolysis) is 1. The van der Waals surface area contributed by atoms with Gasteiger partial charge in [0.2, 0.25) is 0 Å². The molecule has 0 spiro atoms. The lowest BCUT2D eigenvalue weighted by Crippen LogP contribution is -2.53. The summed E-state index contributed by atoms with van der Waals surface area (Å²) in [6.07, 6.45) is 3.15. The smallest absolute Gasteiger partial charge is 0.408 e. The van der Waals surface area contributed by atoms with Gasteiger partial charge in [0, 0.05) is 6.42 Å². The van der Waals surface area contributed by atoms with Gasteiger partial charge in [-0.2, -0.15) is 0 Å². The van der Waals surface area contributed by atoms with Crippen molar-refractivity contribution in [1.82, 2.24) is 5.32 Å². The van der Waals surface area contributed by atoms with Crippen LogP contribution < -0.4 is 11.1 Å². The Hall–Kier alpha value is -1.74. The second-order valence-corrected chi connectivity index (χ2v) is 7.96. The zero-order valence-electron chi connectivity index (χ0n) is 16.7. The van der Waals surface area contributed by atoms with Crippen LogP contribution in [0.4, 0.5) is 4.79 Å². The summed E-state index contributed by atoms with van der Waals surface area (Å²) in [7, 11) is 0. The number of hydrogen-bond donors (Lipinski definition) is 2. The van der Waals surface area contributed by atoms with Crippen LogP contribution in [0.3, 0.4) is 0 Å². The van der Waals surface area contributed by atoms with Crippen LogP contribution in [0, 0.1) is 11.8 Å². The lowest BCUT2D eigenvalue weighted by molar-refractivity contribution is -0.156. The van der Waals surface area contributed by atoms with E-state index in [2.05, 4.69) is 24.1 Å². The number of hydrogen-bond acceptors (Lipinski definition) is 5. The minimum absolute atomic E-state index is 0.614. The molecule has 0 rings (SSSR count). The van der Waals surface area contributed by atoms with Crippen molar-refractivity contribution in [2.45, 2.75) is 97.4 Å². The van der Waals surface area contributed by atoms with Gasteiger partial charge >= 0.3 is 12.1 Å². The molecule has 0 aromatic rings. The van der Waals surface area contributed by atoms with Crippen LogP contribution >= 0.6 is 0 Å². The molecule has 0 aromatic heterocycles. The zero-order valence-corrected chi connectivity index (χ0v) is 16.7. The van der Waals surface area contributed by atoms with E-state index in [1.54, 1.807) is 41.5 Å². The second kappa shape index (κ2) is 10.3. The standard InChI is InChI=1S/C19H34N2O4/c1-8-9-10-11-12-13-14(21-17(23)25-19(5,6)7)15(20)16(22)24-18(2,3)4/h14-15H,8-11,20H2,1-7H3,(H,21,23)/t14-,15+/m0/s1. The fraction of sp³-hybridized carbons (Fsp3) is 0.789. The Bertz CT molecular complexity index is 492. The van der Waals surface area contributed by atoms with Gasteiger partial charge in [0.25, 0.3) is 0 Å². The van der Waals surface area contributed by atoms with Crippen molar-refractivity contribution < 1.29 is 19.1 Å². The molecule has 6 nitrogen and oxygen atoms in total. The second-order valence-electron chi connectivity index (χ2n) is 7.96. The minimum atomic E-state index is -1.09. The monoisotopic (exact) mass is 354 g/mol. The van der Waals surface area contributed by atoms with E-state index >= 15 is 0 Å². The molecule has 0 unspecified atom stereocenters. The van der Waals surface area contributed by atoms with Crippen LogP contribution in [-0.4, -0.2) is 35.3 Å². The van der Waals surface area contributed by atoms with E-state index < -0.39 is 35.3 Å².